The summed E-state index contributed by atoms with van der Waals surface area (Å²) in [7, 11) is 0. The minimum Gasteiger partial charge on any atom is -0.480 e. The third-order valence-corrected chi connectivity index (χ3v) is 1.67. The molecule has 1 aliphatic heterocycles. The average Bonchev–Trinajstić information content (AvgIpc) is 2.10. The van der Waals surface area contributed by atoms with Crippen molar-refractivity contribution in [3.8, 4) is 0 Å². The molecule has 4 heteroatoms. The molecule has 0 spiro atoms. The van der Waals surface area contributed by atoms with Gasteiger partial charge in [-0.05, 0) is 6.92 Å². The van der Waals surface area contributed by atoms with E-state index < -0.39 is 17.6 Å². The lowest BCUT2D eigenvalue weighted by molar-refractivity contribution is -0.139. The zero-order chi connectivity index (χ0) is 7.78. The SMILES string of the molecule is CC1(O)CNC(C(=O)O)C1. The molecule has 0 amide bonds. The van der Waals surface area contributed by atoms with Crippen LogP contribution in [0.25, 0.3) is 0 Å². The van der Waals surface area contributed by atoms with Crippen LogP contribution in [0, 0.1) is 0 Å². The van der Waals surface area contributed by atoms with Gasteiger partial charge in [0, 0.05) is 13.0 Å². The highest BCUT2D eigenvalue weighted by molar-refractivity contribution is 5.74. The van der Waals surface area contributed by atoms with E-state index in [0.717, 1.165) is 0 Å². The molecule has 0 aromatic rings. The second kappa shape index (κ2) is 2.21. The number of hydrogen-bond acceptors (Lipinski definition) is 3. The normalized spacial score (nSPS) is 40.0. The summed E-state index contributed by atoms with van der Waals surface area (Å²) in [5.74, 6) is -0.891. The summed E-state index contributed by atoms with van der Waals surface area (Å²) < 4.78 is 0. The van der Waals surface area contributed by atoms with Gasteiger partial charge in [-0.2, -0.15) is 0 Å². The van der Waals surface area contributed by atoms with Gasteiger partial charge < -0.3 is 15.5 Å². The molecule has 2 atom stereocenters. The molecular weight excluding hydrogens is 134 g/mol. The largest absolute Gasteiger partial charge is 0.480 e. The smallest absolute Gasteiger partial charge is 0.320 e. The summed E-state index contributed by atoms with van der Waals surface area (Å²) in [6.07, 6.45) is 0.294. The van der Waals surface area contributed by atoms with Crippen LogP contribution in [0.5, 0.6) is 0 Å². The molecule has 0 aromatic heterocycles. The molecule has 0 radical (unpaired) electrons. The highest BCUT2D eigenvalue weighted by Gasteiger charge is 2.36. The van der Waals surface area contributed by atoms with E-state index in [1.807, 2.05) is 0 Å². The fourth-order valence-electron chi connectivity index (χ4n) is 1.10. The fraction of sp³-hybridized carbons (Fsp3) is 0.833. The first-order valence-corrected chi connectivity index (χ1v) is 3.20. The third-order valence-electron chi connectivity index (χ3n) is 1.67. The number of β-amino-alcohol motifs (C(OH)–C–C–N with tert-alkyl or cyclic N) is 1. The molecule has 10 heavy (non-hydrogen) atoms. The highest BCUT2D eigenvalue weighted by atomic mass is 16.4. The van der Waals surface area contributed by atoms with Gasteiger partial charge in [0.2, 0.25) is 0 Å². The van der Waals surface area contributed by atoms with Crippen molar-refractivity contribution < 1.29 is 15.0 Å². The van der Waals surface area contributed by atoms with Crippen molar-refractivity contribution in [2.45, 2.75) is 25.0 Å². The van der Waals surface area contributed by atoms with Gasteiger partial charge in [-0.1, -0.05) is 0 Å². The van der Waals surface area contributed by atoms with Gasteiger partial charge in [0.15, 0.2) is 0 Å². The average molecular weight is 145 g/mol. The van der Waals surface area contributed by atoms with Crippen LogP contribution in [0.2, 0.25) is 0 Å². The Hall–Kier alpha value is -0.610. The standard InChI is InChI=1S/C6H11NO3/c1-6(10)2-4(5(8)9)7-3-6/h4,7,10H,2-3H2,1H3,(H,8,9). The van der Waals surface area contributed by atoms with E-state index >= 15 is 0 Å². The Morgan fingerprint density at radius 2 is 2.40 bits per heavy atom. The van der Waals surface area contributed by atoms with Crippen LogP contribution in [0.4, 0.5) is 0 Å². The summed E-state index contributed by atoms with van der Waals surface area (Å²) in [5.41, 5.74) is -0.844. The Balaban J connectivity index is 2.51. The molecule has 0 aliphatic carbocycles. The second-order valence-corrected chi connectivity index (χ2v) is 2.97. The van der Waals surface area contributed by atoms with Crippen LogP contribution in [0.3, 0.4) is 0 Å². The van der Waals surface area contributed by atoms with Crippen molar-refractivity contribution in [1.82, 2.24) is 5.32 Å². The number of hydrogen-bond donors (Lipinski definition) is 3. The molecule has 1 fully saturated rings. The van der Waals surface area contributed by atoms with E-state index in [4.69, 9.17) is 5.11 Å². The topological polar surface area (TPSA) is 69.6 Å². The molecule has 4 nitrogen and oxygen atoms in total. The van der Waals surface area contributed by atoms with E-state index in [-0.39, 0.29) is 0 Å². The molecular formula is C6H11NO3. The summed E-state index contributed by atoms with van der Waals surface area (Å²) in [6, 6.07) is -0.574. The predicted molar refractivity (Wildman–Crippen MR) is 34.7 cm³/mol. The van der Waals surface area contributed by atoms with Crippen LogP contribution in [0.15, 0.2) is 0 Å². The van der Waals surface area contributed by atoms with Gasteiger partial charge >= 0.3 is 5.97 Å². The van der Waals surface area contributed by atoms with Gasteiger partial charge in [-0.25, -0.2) is 0 Å². The minimum atomic E-state index is -0.891. The van der Waals surface area contributed by atoms with Crippen LogP contribution >= 0.6 is 0 Å². The van der Waals surface area contributed by atoms with Crippen LogP contribution < -0.4 is 5.32 Å². The number of carbonyl (C=O) groups is 1. The molecule has 1 heterocycles. The number of aliphatic hydroxyl groups is 1. The lowest BCUT2D eigenvalue weighted by Crippen LogP contribution is -2.30. The van der Waals surface area contributed by atoms with Crippen LogP contribution in [-0.2, 0) is 4.79 Å². The first-order chi connectivity index (χ1) is 4.51. The number of aliphatic carboxylic acids is 1. The molecule has 2 unspecified atom stereocenters. The quantitative estimate of drug-likeness (QED) is 0.451. The van der Waals surface area contributed by atoms with Gasteiger partial charge in [-0.3, -0.25) is 4.79 Å². The Morgan fingerprint density at radius 3 is 2.60 bits per heavy atom. The maximum Gasteiger partial charge on any atom is 0.320 e. The molecule has 3 N–H and O–H groups in total. The third kappa shape index (κ3) is 1.46. The molecule has 58 valence electrons. The number of nitrogens with one attached hydrogen (secondary N) is 1. The lowest BCUT2D eigenvalue weighted by Gasteiger charge is -2.12. The van der Waals surface area contributed by atoms with Crippen molar-refractivity contribution >= 4 is 5.97 Å². The van der Waals surface area contributed by atoms with E-state index in [0.29, 0.717) is 13.0 Å². The molecule has 1 rings (SSSR count). The Kier molecular flexibility index (Phi) is 1.66. The first-order valence-electron chi connectivity index (χ1n) is 3.20. The van der Waals surface area contributed by atoms with Crippen LogP contribution in [-0.4, -0.2) is 34.4 Å². The Morgan fingerprint density at radius 1 is 1.80 bits per heavy atom. The summed E-state index contributed by atoms with van der Waals surface area (Å²) in [6.45, 7) is 1.99. The molecule has 0 saturated carbocycles. The Bertz CT molecular complexity index is 155. The zero-order valence-corrected chi connectivity index (χ0v) is 5.79. The Labute approximate surface area is 58.9 Å². The van der Waals surface area contributed by atoms with E-state index in [1.165, 1.54) is 0 Å². The number of carboxylic acids is 1. The van der Waals surface area contributed by atoms with Crippen molar-refractivity contribution in [2.24, 2.45) is 0 Å². The second-order valence-electron chi connectivity index (χ2n) is 2.97. The van der Waals surface area contributed by atoms with Gasteiger partial charge in [-0.15, -0.1) is 0 Å². The van der Waals surface area contributed by atoms with Crippen molar-refractivity contribution in [3.05, 3.63) is 0 Å². The maximum absolute atomic E-state index is 10.3. The maximum atomic E-state index is 10.3. The van der Waals surface area contributed by atoms with E-state index in [9.17, 15) is 9.90 Å². The molecule has 1 aliphatic rings. The summed E-state index contributed by atoms with van der Waals surface area (Å²) >= 11 is 0. The summed E-state index contributed by atoms with van der Waals surface area (Å²) in [5, 5.41) is 20.5. The van der Waals surface area contributed by atoms with Gasteiger partial charge in [0.25, 0.3) is 0 Å². The molecule has 0 bridgehead atoms. The summed E-state index contributed by atoms with van der Waals surface area (Å²) in [4.78, 5) is 10.3. The van der Waals surface area contributed by atoms with Gasteiger partial charge in [0.1, 0.15) is 6.04 Å². The van der Waals surface area contributed by atoms with E-state index in [1.54, 1.807) is 6.92 Å². The molecule has 0 aromatic carbocycles. The highest BCUT2D eigenvalue weighted by Crippen LogP contribution is 2.17. The van der Waals surface area contributed by atoms with E-state index in [2.05, 4.69) is 5.32 Å². The molecule has 1 saturated heterocycles. The monoisotopic (exact) mass is 145 g/mol. The number of rotatable bonds is 1. The zero-order valence-electron chi connectivity index (χ0n) is 5.79. The van der Waals surface area contributed by atoms with Gasteiger partial charge in [0.05, 0.1) is 5.60 Å². The van der Waals surface area contributed by atoms with Crippen molar-refractivity contribution in [2.75, 3.05) is 6.54 Å². The fourth-order valence-corrected chi connectivity index (χ4v) is 1.10. The lowest BCUT2D eigenvalue weighted by atomic mass is 10.0. The minimum absolute atomic E-state index is 0.294. The number of carboxylic acid groups (broad SMARTS) is 1. The predicted octanol–water partition coefficient (Wildman–Crippen LogP) is -0.816. The first kappa shape index (κ1) is 7.50. The van der Waals surface area contributed by atoms with Crippen molar-refractivity contribution in [1.29, 1.82) is 0 Å². The van der Waals surface area contributed by atoms with Crippen molar-refractivity contribution in [3.63, 3.8) is 0 Å². The van der Waals surface area contributed by atoms with Crippen LogP contribution in [0.1, 0.15) is 13.3 Å².